The molecule has 17 heavy (non-hydrogen) atoms. The highest BCUT2D eigenvalue weighted by Crippen LogP contribution is 2.45. The van der Waals surface area contributed by atoms with E-state index < -0.39 is 29.5 Å². The van der Waals surface area contributed by atoms with E-state index in [1.54, 1.807) is 0 Å². The Hall–Kier alpha value is -0.760. The molecule has 1 aromatic carbocycles. The van der Waals surface area contributed by atoms with E-state index in [-0.39, 0.29) is 4.47 Å². The standard InChI is InChI=1S/C9H6BrF6N/c10-4-2-1-3-5(11)6(4)7(17)8(12,13)9(14,15)16/h1-3,7H,17H2/t7-/m1/s1. The van der Waals surface area contributed by atoms with E-state index in [1.807, 2.05) is 0 Å². The maximum atomic E-state index is 13.2. The average molecular weight is 322 g/mol. The Bertz CT molecular complexity index is 396. The van der Waals surface area contributed by atoms with Crippen LogP contribution in [0.15, 0.2) is 22.7 Å². The number of hydrogen-bond donors (Lipinski definition) is 1. The Labute approximate surface area is 101 Å². The third-order valence-electron chi connectivity index (χ3n) is 2.08. The molecule has 8 heteroatoms. The zero-order valence-corrected chi connectivity index (χ0v) is 9.62. The summed E-state index contributed by atoms with van der Waals surface area (Å²) in [6.45, 7) is 0. The van der Waals surface area contributed by atoms with Crippen molar-refractivity contribution in [3.63, 3.8) is 0 Å². The average Bonchev–Trinajstić information content (AvgIpc) is 2.15. The maximum absolute atomic E-state index is 13.2. The van der Waals surface area contributed by atoms with Gasteiger partial charge in [0.2, 0.25) is 0 Å². The molecule has 96 valence electrons. The highest BCUT2D eigenvalue weighted by molar-refractivity contribution is 9.10. The topological polar surface area (TPSA) is 26.0 Å². The van der Waals surface area contributed by atoms with E-state index in [4.69, 9.17) is 5.73 Å². The van der Waals surface area contributed by atoms with Crippen molar-refractivity contribution < 1.29 is 26.3 Å². The fourth-order valence-corrected chi connectivity index (χ4v) is 1.75. The van der Waals surface area contributed by atoms with Gasteiger partial charge in [-0.3, -0.25) is 0 Å². The molecule has 2 N–H and O–H groups in total. The molecule has 0 aliphatic carbocycles. The van der Waals surface area contributed by atoms with Crippen LogP contribution in [-0.4, -0.2) is 12.1 Å². The van der Waals surface area contributed by atoms with Crippen LogP contribution >= 0.6 is 15.9 Å². The Morgan fingerprint density at radius 3 is 2.06 bits per heavy atom. The van der Waals surface area contributed by atoms with E-state index >= 15 is 0 Å². The van der Waals surface area contributed by atoms with Gasteiger partial charge in [-0.15, -0.1) is 0 Å². The minimum atomic E-state index is -5.84. The molecular formula is C9H6BrF6N. The lowest BCUT2D eigenvalue weighted by Gasteiger charge is -2.26. The van der Waals surface area contributed by atoms with E-state index in [0.29, 0.717) is 0 Å². The molecule has 0 unspecified atom stereocenters. The Morgan fingerprint density at radius 2 is 1.65 bits per heavy atom. The van der Waals surface area contributed by atoms with Crippen LogP contribution in [0.1, 0.15) is 11.6 Å². The van der Waals surface area contributed by atoms with Crippen LogP contribution in [0.5, 0.6) is 0 Å². The molecule has 0 aromatic heterocycles. The smallest absolute Gasteiger partial charge is 0.319 e. The quantitative estimate of drug-likeness (QED) is 0.824. The molecule has 0 fully saturated rings. The van der Waals surface area contributed by atoms with Crippen molar-refractivity contribution in [1.29, 1.82) is 0 Å². The first-order valence-corrected chi connectivity index (χ1v) is 5.02. The van der Waals surface area contributed by atoms with Gasteiger partial charge in [0.05, 0.1) is 0 Å². The van der Waals surface area contributed by atoms with Crippen LogP contribution in [0, 0.1) is 5.82 Å². The van der Waals surface area contributed by atoms with Gasteiger partial charge < -0.3 is 5.73 Å². The third-order valence-corrected chi connectivity index (χ3v) is 2.77. The summed E-state index contributed by atoms with van der Waals surface area (Å²) in [5.74, 6) is -6.44. The predicted molar refractivity (Wildman–Crippen MR) is 52.0 cm³/mol. The summed E-state index contributed by atoms with van der Waals surface area (Å²) in [4.78, 5) is 0. The largest absolute Gasteiger partial charge is 0.455 e. The Balaban J connectivity index is 3.26. The SMILES string of the molecule is N[C@H](c1c(F)cccc1Br)C(F)(F)C(F)(F)F. The summed E-state index contributed by atoms with van der Waals surface area (Å²) in [6.07, 6.45) is -5.84. The molecule has 0 heterocycles. The molecule has 0 saturated heterocycles. The minimum Gasteiger partial charge on any atom is -0.319 e. The van der Waals surface area contributed by atoms with Gasteiger partial charge in [0, 0.05) is 10.0 Å². The van der Waals surface area contributed by atoms with Gasteiger partial charge in [-0.05, 0) is 12.1 Å². The van der Waals surface area contributed by atoms with Crippen molar-refractivity contribution in [3.8, 4) is 0 Å². The van der Waals surface area contributed by atoms with Crippen molar-refractivity contribution in [2.45, 2.75) is 18.1 Å². The van der Waals surface area contributed by atoms with E-state index in [1.165, 1.54) is 0 Å². The molecule has 1 atom stereocenters. The zero-order valence-electron chi connectivity index (χ0n) is 8.03. The second-order valence-corrected chi connectivity index (χ2v) is 4.09. The zero-order chi connectivity index (χ0) is 13.4. The number of rotatable bonds is 2. The fraction of sp³-hybridized carbons (Fsp3) is 0.333. The fourth-order valence-electron chi connectivity index (χ4n) is 1.17. The van der Waals surface area contributed by atoms with Gasteiger partial charge in [-0.2, -0.15) is 22.0 Å². The summed E-state index contributed by atoms with van der Waals surface area (Å²) < 4.78 is 75.0. The minimum absolute atomic E-state index is 0.242. The van der Waals surface area contributed by atoms with Crippen LogP contribution < -0.4 is 5.73 Å². The van der Waals surface area contributed by atoms with Gasteiger partial charge in [0.15, 0.2) is 0 Å². The molecule has 1 rings (SSSR count). The van der Waals surface area contributed by atoms with E-state index in [9.17, 15) is 26.3 Å². The van der Waals surface area contributed by atoms with Gasteiger partial charge >= 0.3 is 12.1 Å². The molecule has 1 aromatic rings. The van der Waals surface area contributed by atoms with Crippen LogP contribution in [-0.2, 0) is 0 Å². The first-order chi connectivity index (χ1) is 7.59. The lowest BCUT2D eigenvalue weighted by molar-refractivity contribution is -0.291. The van der Waals surface area contributed by atoms with Crippen molar-refractivity contribution >= 4 is 15.9 Å². The first-order valence-electron chi connectivity index (χ1n) is 4.23. The van der Waals surface area contributed by atoms with Crippen molar-refractivity contribution in [1.82, 2.24) is 0 Å². The third kappa shape index (κ3) is 2.57. The van der Waals surface area contributed by atoms with E-state index in [0.717, 1.165) is 18.2 Å². The van der Waals surface area contributed by atoms with Gasteiger partial charge in [-0.25, -0.2) is 4.39 Å². The van der Waals surface area contributed by atoms with Crippen molar-refractivity contribution in [3.05, 3.63) is 34.1 Å². The van der Waals surface area contributed by atoms with Crippen LogP contribution in [0.2, 0.25) is 0 Å². The lowest BCUT2D eigenvalue weighted by atomic mass is 10.0. The molecule has 0 bridgehead atoms. The van der Waals surface area contributed by atoms with Crippen molar-refractivity contribution in [2.75, 3.05) is 0 Å². The number of hydrogen-bond acceptors (Lipinski definition) is 1. The molecule has 0 spiro atoms. The summed E-state index contributed by atoms with van der Waals surface area (Å²) in [7, 11) is 0. The normalized spacial score (nSPS) is 14.8. The van der Waals surface area contributed by atoms with Gasteiger partial charge in [0.1, 0.15) is 11.9 Å². The number of benzene rings is 1. The molecule has 0 aliphatic heterocycles. The highest BCUT2D eigenvalue weighted by Gasteiger charge is 2.62. The van der Waals surface area contributed by atoms with Crippen molar-refractivity contribution in [2.24, 2.45) is 5.73 Å². The second-order valence-electron chi connectivity index (χ2n) is 3.23. The second kappa shape index (κ2) is 4.49. The predicted octanol–water partition coefficient (Wildman–Crippen LogP) is 3.79. The number of alkyl halides is 5. The van der Waals surface area contributed by atoms with Crippen LogP contribution in [0.3, 0.4) is 0 Å². The van der Waals surface area contributed by atoms with Crippen LogP contribution in [0.25, 0.3) is 0 Å². The lowest BCUT2D eigenvalue weighted by Crippen LogP contribution is -2.46. The highest BCUT2D eigenvalue weighted by atomic mass is 79.9. The molecular weight excluding hydrogens is 316 g/mol. The number of halogens is 7. The molecule has 0 aliphatic rings. The first kappa shape index (κ1) is 14.3. The summed E-state index contributed by atoms with van der Waals surface area (Å²) in [6, 6.07) is 0.233. The Kier molecular flexibility index (Phi) is 3.78. The molecule has 0 radical (unpaired) electrons. The molecule has 1 nitrogen and oxygen atoms in total. The summed E-state index contributed by atoms with van der Waals surface area (Å²) in [5.41, 5.74) is 3.91. The van der Waals surface area contributed by atoms with Gasteiger partial charge in [-0.1, -0.05) is 22.0 Å². The molecule has 0 amide bonds. The van der Waals surface area contributed by atoms with Gasteiger partial charge in [0.25, 0.3) is 0 Å². The summed E-state index contributed by atoms with van der Waals surface area (Å²) in [5, 5.41) is 0. The summed E-state index contributed by atoms with van der Waals surface area (Å²) >= 11 is 2.69. The monoisotopic (exact) mass is 321 g/mol. The number of nitrogens with two attached hydrogens (primary N) is 1. The van der Waals surface area contributed by atoms with Crippen LogP contribution in [0.4, 0.5) is 26.3 Å². The maximum Gasteiger partial charge on any atom is 0.455 e. The molecule has 0 saturated carbocycles. The van der Waals surface area contributed by atoms with E-state index in [2.05, 4.69) is 15.9 Å². The Morgan fingerprint density at radius 1 is 1.12 bits per heavy atom.